The Morgan fingerprint density at radius 2 is 2.39 bits per heavy atom. The van der Waals surface area contributed by atoms with Gasteiger partial charge >= 0.3 is 0 Å². The first-order valence-electron chi connectivity index (χ1n) is 6.29. The molecule has 5 nitrogen and oxygen atoms in total. The lowest BCUT2D eigenvalue weighted by atomic mass is 9.99. The fourth-order valence-electron chi connectivity index (χ4n) is 2.23. The molecule has 2 rings (SSSR count). The molecule has 0 aliphatic carbocycles. The Labute approximate surface area is 107 Å². The van der Waals surface area contributed by atoms with Crippen LogP contribution in [0.4, 0.5) is 0 Å². The Hall–Kier alpha value is -1.46. The standard InChI is InChI=1S/C13H19N3O2/c14-6-10-3-4-12(15-7-10)13(18)16-5-1-2-11(8-16)9-17/h3-4,7,11,17H,1-2,5-6,8-9,14H2. The Balaban J connectivity index is 2.05. The van der Waals surface area contributed by atoms with Crippen LogP contribution in [0.25, 0.3) is 0 Å². The smallest absolute Gasteiger partial charge is 0.272 e. The first-order chi connectivity index (χ1) is 8.74. The fraction of sp³-hybridized carbons (Fsp3) is 0.538. The van der Waals surface area contributed by atoms with Crippen molar-refractivity contribution in [2.45, 2.75) is 19.4 Å². The number of hydrogen-bond acceptors (Lipinski definition) is 4. The minimum atomic E-state index is -0.0586. The summed E-state index contributed by atoms with van der Waals surface area (Å²) in [5.41, 5.74) is 6.86. The molecule has 0 bridgehead atoms. The van der Waals surface area contributed by atoms with E-state index in [2.05, 4.69) is 4.98 Å². The molecule has 5 heteroatoms. The topological polar surface area (TPSA) is 79.5 Å². The Bertz CT molecular complexity index is 405. The number of nitrogens with two attached hydrogens (primary N) is 1. The largest absolute Gasteiger partial charge is 0.396 e. The molecule has 1 aliphatic rings. The van der Waals surface area contributed by atoms with Gasteiger partial charge in [-0.2, -0.15) is 0 Å². The summed E-state index contributed by atoms with van der Waals surface area (Å²) in [5, 5.41) is 9.16. The predicted molar refractivity (Wildman–Crippen MR) is 67.8 cm³/mol. The molecule has 1 aromatic heterocycles. The van der Waals surface area contributed by atoms with Crippen LogP contribution in [-0.4, -0.2) is 40.6 Å². The number of aliphatic hydroxyl groups is 1. The Morgan fingerprint density at radius 3 is 3.00 bits per heavy atom. The second kappa shape index (κ2) is 5.93. The van der Waals surface area contributed by atoms with E-state index < -0.39 is 0 Å². The van der Waals surface area contributed by atoms with E-state index in [1.54, 1.807) is 17.2 Å². The van der Waals surface area contributed by atoms with Crippen LogP contribution in [-0.2, 0) is 6.54 Å². The Kier molecular flexibility index (Phi) is 4.28. The maximum atomic E-state index is 12.2. The SMILES string of the molecule is NCc1ccc(C(=O)N2CCCC(CO)C2)nc1. The molecule has 1 atom stereocenters. The number of piperidine rings is 1. The molecule has 1 aliphatic heterocycles. The van der Waals surface area contributed by atoms with E-state index in [0.29, 0.717) is 18.8 Å². The van der Waals surface area contributed by atoms with Crippen molar-refractivity contribution in [3.05, 3.63) is 29.6 Å². The number of likely N-dealkylation sites (tertiary alicyclic amines) is 1. The summed E-state index contributed by atoms with van der Waals surface area (Å²) in [6, 6.07) is 3.54. The van der Waals surface area contributed by atoms with E-state index in [1.807, 2.05) is 6.07 Å². The molecular formula is C13H19N3O2. The van der Waals surface area contributed by atoms with Gasteiger partial charge in [-0.15, -0.1) is 0 Å². The summed E-state index contributed by atoms with van der Waals surface area (Å²) in [5.74, 6) is 0.141. The van der Waals surface area contributed by atoms with Crippen LogP contribution < -0.4 is 5.73 Å². The highest BCUT2D eigenvalue weighted by molar-refractivity contribution is 5.92. The van der Waals surface area contributed by atoms with E-state index in [4.69, 9.17) is 10.8 Å². The lowest BCUT2D eigenvalue weighted by molar-refractivity contribution is 0.0615. The van der Waals surface area contributed by atoms with Gasteiger partial charge in [-0.05, 0) is 30.4 Å². The number of rotatable bonds is 3. The van der Waals surface area contributed by atoms with Crippen LogP contribution in [0.1, 0.15) is 28.9 Å². The zero-order chi connectivity index (χ0) is 13.0. The maximum absolute atomic E-state index is 12.2. The number of carbonyl (C=O) groups is 1. The van der Waals surface area contributed by atoms with Gasteiger partial charge in [-0.25, -0.2) is 0 Å². The summed E-state index contributed by atoms with van der Waals surface area (Å²) in [6.45, 7) is 1.94. The first-order valence-corrected chi connectivity index (χ1v) is 6.29. The zero-order valence-electron chi connectivity index (χ0n) is 10.4. The van der Waals surface area contributed by atoms with Gasteiger partial charge in [0.1, 0.15) is 5.69 Å². The first kappa shape index (κ1) is 13.0. The number of aromatic nitrogens is 1. The zero-order valence-corrected chi connectivity index (χ0v) is 10.4. The van der Waals surface area contributed by atoms with Gasteiger partial charge in [-0.1, -0.05) is 6.07 Å². The van der Waals surface area contributed by atoms with E-state index in [9.17, 15) is 4.79 Å². The van der Waals surface area contributed by atoms with Crippen molar-refractivity contribution < 1.29 is 9.90 Å². The summed E-state index contributed by atoms with van der Waals surface area (Å²) in [6.07, 6.45) is 3.57. The van der Waals surface area contributed by atoms with Crippen LogP contribution in [0, 0.1) is 5.92 Å². The summed E-state index contributed by atoms with van der Waals surface area (Å²) >= 11 is 0. The van der Waals surface area contributed by atoms with Crippen molar-refractivity contribution in [2.75, 3.05) is 19.7 Å². The highest BCUT2D eigenvalue weighted by atomic mass is 16.3. The molecule has 1 fully saturated rings. The van der Waals surface area contributed by atoms with Crippen molar-refractivity contribution in [1.82, 2.24) is 9.88 Å². The minimum absolute atomic E-state index is 0.0586. The second-order valence-corrected chi connectivity index (χ2v) is 4.70. The summed E-state index contributed by atoms with van der Waals surface area (Å²) < 4.78 is 0. The van der Waals surface area contributed by atoms with Crippen LogP contribution in [0.15, 0.2) is 18.3 Å². The van der Waals surface area contributed by atoms with E-state index in [1.165, 1.54) is 0 Å². The third-order valence-electron chi connectivity index (χ3n) is 3.34. The lowest BCUT2D eigenvalue weighted by Gasteiger charge is -2.31. The number of hydrogen-bond donors (Lipinski definition) is 2. The fourth-order valence-corrected chi connectivity index (χ4v) is 2.23. The van der Waals surface area contributed by atoms with Gasteiger partial charge in [-0.3, -0.25) is 9.78 Å². The van der Waals surface area contributed by atoms with Crippen molar-refractivity contribution in [3.8, 4) is 0 Å². The van der Waals surface area contributed by atoms with E-state index in [0.717, 1.165) is 24.9 Å². The lowest BCUT2D eigenvalue weighted by Crippen LogP contribution is -2.41. The molecule has 0 spiro atoms. The van der Waals surface area contributed by atoms with Gasteiger partial charge in [0.25, 0.3) is 5.91 Å². The van der Waals surface area contributed by atoms with Crippen molar-refractivity contribution in [2.24, 2.45) is 11.7 Å². The second-order valence-electron chi connectivity index (χ2n) is 4.70. The molecule has 3 N–H and O–H groups in total. The van der Waals surface area contributed by atoms with Gasteiger partial charge in [0.15, 0.2) is 0 Å². The normalized spacial score (nSPS) is 19.9. The third kappa shape index (κ3) is 2.86. The number of nitrogens with zero attached hydrogens (tertiary/aromatic N) is 2. The Morgan fingerprint density at radius 1 is 1.56 bits per heavy atom. The highest BCUT2D eigenvalue weighted by Gasteiger charge is 2.24. The molecule has 1 amide bonds. The molecular weight excluding hydrogens is 230 g/mol. The molecule has 0 radical (unpaired) electrons. The van der Waals surface area contributed by atoms with Gasteiger partial charge in [0.2, 0.25) is 0 Å². The average Bonchev–Trinajstić information content (AvgIpc) is 2.46. The van der Waals surface area contributed by atoms with Crippen LogP contribution >= 0.6 is 0 Å². The summed E-state index contributed by atoms with van der Waals surface area (Å²) in [4.78, 5) is 18.1. The third-order valence-corrected chi connectivity index (χ3v) is 3.34. The van der Waals surface area contributed by atoms with Crippen molar-refractivity contribution in [1.29, 1.82) is 0 Å². The molecule has 2 heterocycles. The predicted octanol–water partition coefficient (Wildman–Crippen LogP) is 0.385. The quantitative estimate of drug-likeness (QED) is 0.812. The molecule has 98 valence electrons. The van der Waals surface area contributed by atoms with E-state index in [-0.39, 0.29) is 18.4 Å². The number of pyridine rings is 1. The van der Waals surface area contributed by atoms with Crippen LogP contribution in [0.3, 0.4) is 0 Å². The monoisotopic (exact) mass is 249 g/mol. The van der Waals surface area contributed by atoms with Crippen molar-refractivity contribution in [3.63, 3.8) is 0 Å². The molecule has 1 saturated heterocycles. The number of aliphatic hydroxyl groups excluding tert-OH is 1. The molecule has 0 aromatic carbocycles. The highest BCUT2D eigenvalue weighted by Crippen LogP contribution is 2.17. The van der Waals surface area contributed by atoms with E-state index >= 15 is 0 Å². The van der Waals surface area contributed by atoms with Gasteiger partial charge in [0.05, 0.1) is 0 Å². The number of amides is 1. The minimum Gasteiger partial charge on any atom is -0.396 e. The van der Waals surface area contributed by atoms with Crippen molar-refractivity contribution >= 4 is 5.91 Å². The molecule has 1 unspecified atom stereocenters. The summed E-state index contributed by atoms with van der Waals surface area (Å²) in [7, 11) is 0. The molecule has 18 heavy (non-hydrogen) atoms. The molecule has 0 saturated carbocycles. The van der Waals surface area contributed by atoms with Gasteiger partial charge < -0.3 is 15.7 Å². The number of carbonyl (C=O) groups excluding carboxylic acids is 1. The van der Waals surface area contributed by atoms with Crippen LogP contribution in [0.2, 0.25) is 0 Å². The maximum Gasteiger partial charge on any atom is 0.272 e. The van der Waals surface area contributed by atoms with Gasteiger partial charge in [0, 0.05) is 32.4 Å². The molecule has 1 aromatic rings. The van der Waals surface area contributed by atoms with Crippen LogP contribution in [0.5, 0.6) is 0 Å². The average molecular weight is 249 g/mol.